The second-order valence-electron chi connectivity index (χ2n) is 7.03. The Morgan fingerprint density at radius 3 is 2.65 bits per heavy atom. The third-order valence-electron chi connectivity index (χ3n) is 4.92. The van der Waals surface area contributed by atoms with Gasteiger partial charge >= 0.3 is 0 Å². The molecule has 140 valence electrons. The highest BCUT2D eigenvalue weighted by Gasteiger charge is 2.34. The zero-order valence-corrected chi connectivity index (χ0v) is 14.8. The number of halogens is 1. The number of amides is 1. The molecule has 1 aromatic heterocycles. The van der Waals surface area contributed by atoms with E-state index in [1.54, 1.807) is 19.1 Å². The molecule has 6 heteroatoms. The minimum Gasteiger partial charge on any atom is -0.486 e. The van der Waals surface area contributed by atoms with Crippen molar-refractivity contribution in [1.29, 1.82) is 0 Å². The number of carbonyl (C=O) groups excluding carboxylic acids is 1. The Morgan fingerprint density at radius 1 is 1.27 bits per heavy atom. The Balaban J connectivity index is 1.50. The van der Waals surface area contributed by atoms with Gasteiger partial charge in [-0.1, -0.05) is 12.8 Å². The van der Waals surface area contributed by atoms with Gasteiger partial charge in [0.05, 0.1) is 5.60 Å². The molecule has 1 aromatic carbocycles. The molecule has 1 aliphatic rings. The predicted octanol–water partition coefficient (Wildman–Crippen LogP) is 3.67. The molecule has 1 heterocycles. The average molecular weight is 361 g/mol. The molecule has 0 bridgehead atoms. The van der Waals surface area contributed by atoms with Crippen LogP contribution >= 0.6 is 0 Å². The first-order valence-electron chi connectivity index (χ1n) is 8.92. The maximum atomic E-state index is 12.9. The molecule has 1 fully saturated rings. The van der Waals surface area contributed by atoms with Gasteiger partial charge in [-0.2, -0.15) is 0 Å². The van der Waals surface area contributed by atoms with Gasteiger partial charge in [0.25, 0.3) is 5.91 Å². The minimum absolute atomic E-state index is 0.138. The van der Waals surface area contributed by atoms with Crippen molar-refractivity contribution in [2.75, 3.05) is 6.54 Å². The summed E-state index contributed by atoms with van der Waals surface area (Å²) in [5.41, 5.74) is -0.909. The fraction of sp³-hybridized carbons (Fsp3) is 0.450. The first-order chi connectivity index (χ1) is 12.4. The Morgan fingerprint density at radius 2 is 1.96 bits per heavy atom. The minimum atomic E-state index is -0.909. The van der Waals surface area contributed by atoms with Crippen LogP contribution in [0.25, 0.3) is 0 Å². The molecule has 0 aliphatic heterocycles. The van der Waals surface area contributed by atoms with Crippen molar-refractivity contribution in [3.63, 3.8) is 0 Å². The van der Waals surface area contributed by atoms with Crippen LogP contribution in [-0.2, 0) is 6.61 Å². The molecule has 0 radical (unpaired) electrons. The summed E-state index contributed by atoms with van der Waals surface area (Å²) in [7, 11) is 0. The number of carbonyl (C=O) groups is 1. The molecular formula is C20H24FNO4. The second kappa shape index (κ2) is 7.91. The number of hydrogen-bond donors (Lipinski definition) is 2. The summed E-state index contributed by atoms with van der Waals surface area (Å²) >= 11 is 0. The summed E-state index contributed by atoms with van der Waals surface area (Å²) in [5.74, 6) is 0.700. The topological polar surface area (TPSA) is 71.7 Å². The van der Waals surface area contributed by atoms with Gasteiger partial charge in [0.2, 0.25) is 0 Å². The Bertz CT molecular complexity index is 733. The van der Waals surface area contributed by atoms with Crippen LogP contribution in [0.3, 0.4) is 0 Å². The van der Waals surface area contributed by atoms with Crippen molar-refractivity contribution >= 4 is 5.91 Å². The third-order valence-corrected chi connectivity index (χ3v) is 4.92. The standard InChI is InChI=1S/C20H24FNO4/c1-20(24,14-4-2-3-5-14)13-22-19(23)18-11-10-17(26-18)12-25-16-8-6-15(21)7-9-16/h6-11,14,24H,2-5,12-13H2,1H3,(H,22,23)/t20-/m1/s1. The largest absolute Gasteiger partial charge is 0.486 e. The molecular weight excluding hydrogens is 337 g/mol. The quantitative estimate of drug-likeness (QED) is 0.789. The number of aliphatic hydroxyl groups is 1. The molecule has 1 saturated carbocycles. The Kier molecular flexibility index (Phi) is 5.61. The highest BCUT2D eigenvalue weighted by Crippen LogP contribution is 2.33. The fourth-order valence-corrected chi connectivity index (χ4v) is 3.30. The first kappa shape index (κ1) is 18.5. The monoisotopic (exact) mass is 361 g/mol. The van der Waals surface area contributed by atoms with Crippen molar-refractivity contribution in [2.45, 2.75) is 44.8 Å². The lowest BCUT2D eigenvalue weighted by molar-refractivity contribution is 0.00260. The molecule has 0 saturated heterocycles. The van der Waals surface area contributed by atoms with E-state index < -0.39 is 5.60 Å². The maximum Gasteiger partial charge on any atom is 0.287 e. The van der Waals surface area contributed by atoms with E-state index in [-0.39, 0.29) is 36.6 Å². The van der Waals surface area contributed by atoms with Gasteiger partial charge in [0.1, 0.15) is 23.9 Å². The van der Waals surface area contributed by atoms with Crippen LogP contribution in [0.15, 0.2) is 40.8 Å². The van der Waals surface area contributed by atoms with Crippen LogP contribution < -0.4 is 10.1 Å². The Labute approximate surface area is 152 Å². The fourth-order valence-electron chi connectivity index (χ4n) is 3.30. The summed E-state index contributed by atoms with van der Waals surface area (Å²) in [6.07, 6.45) is 4.25. The molecule has 0 unspecified atom stereocenters. The normalized spacial score (nSPS) is 17.0. The van der Waals surface area contributed by atoms with E-state index in [4.69, 9.17) is 9.15 Å². The third kappa shape index (κ3) is 4.64. The van der Waals surface area contributed by atoms with Gasteiger partial charge < -0.3 is 19.6 Å². The number of ether oxygens (including phenoxy) is 1. The smallest absolute Gasteiger partial charge is 0.287 e. The lowest BCUT2D eigenvalue weighted by Crippen LogP contribution is -2.45. The van der Waals surface area contributed by atoms with Gasteiger partial charge in [-0.3, -0.25) is 4.79 Å². The van der Waals surface area contributed by atoms with Crippen LogP contribution in [0.4, 0.5) is 4.39 Å². The highest BCUT2D eigenvalue weighted by atomic mass is 19.1. The number of hydrogen-bond acceptors (Lipinski definition) is 4. The molecule has 1 aliphatic carbocycles. The van der Waals surface area contributed by atoms with Crippen LogP contribution in [0.1, 0.15) is 48.9 Å². The van der Waals surface area contributed by atoms with Crippen LogP contribution in [0.5, 0.6) is 5.75 Å². The van der Waals surface area contributed by atoms with Crippen molar-refractivity contribution in [1.82, 2.24) is 5.32 Å². The van der Waals surface area contributed by atoms with E-state index in [0.29, 0.717) is 11.5 Å². The summed E-state index contributed by atoms with van der Waals surface area (Å²) in [6, 6.07) is 8.91. The first-order valence-corrected chi connectivity index (χ1v) is 8.92. The summed E-state index contributed by atoms with van der Waals surface area (Å²) in [5, 5.41) is 13.3. The number of rotatable bonds is 7. The van der Waals surface area contributed by atoms with E-state index in [2.05, 4.69) is 5.32 Å². The molecule has 1 atom stereocenters. The number of furan rings is 1. The molecule has 2 N–H and O–H groups in total. The van der Waals surface area contributed by atoms with Crippen molar-refractivity contribution < 1.29 is 23.4 Å². The van der Waals surface area contributed by atoms with Gasteiger partial charge in [-0.25, -0.2) is 4.39 Å². The van der Waals surface area contributed by atoms with E-state index in [1.807, 2.05) is 0 Å². The van der Waals surface area contributed by atoms with Crippen molar-refractivity contribution in [2.24, 2.45) is 5.92 Å². The number of nitrogens with one attached hydrogen (secondary N) is 1. The van der Waals surface area contributed by atoms with Gasteiger partial charge in [-0.05, 0) is 62.1 Å². The van der Waals surface area contributed by atoms with Crippen molar-refractivity contribution in [3.8, 4) is 5.75 Å². The molecule has 1 amide bonds. The lowest BCUT2D eigenvalue weighted by atomic mass is 9.88. The van der Waals surface area contributed by atoms with E-state index in [1.165, 1.54) is 24.3 Å². The maximum absolute atomic E-state index is 12.9. The Hall–Kier alpha value is -2.34. The van der Waals surface area contributed by atoms with E-state index in [0.717, 1.165) is 25.7 Å². The van der Waals surface area contributed by atoms with Gasteiger partial charge in [0, 0.05) is 6.54 Å². The SMILES string of the molecule is C[C@@](O)(CNC(=O)c1ccc(COc2ccc(F)cc2)o1)C1CCCC1. The zero-order valence-electron chi connectivity index (χ0n) is 14.8. The average Bonchev–Trinajstić information content (AvgIpc) is 3.31. The van der Waals surface area contributed by atoms with Crippen LogP contribution in [0, 0.1) is 11.7 Å². The molecule has 26 heavy (non-hydrogen) atoms. The molecule has 2 aromatic rings. The second-order valence-corrected chi connectivity index (χ2v) is 7.03. The van der Waals surface area contributed by atoms with Crippen LogP contribution in [-0.4, -0.2) is 23.2 Å². The van der Waals surface area contributed by atoms with Crippen LogP contribution in [0.2, 0.25) is 0 Å². The van der Waals surface area contributed by atoms with Gasteiger partial charge in [-0.15, -0.1) is 0 Å². The predicted molar refractivity (Wildman–Crippen MR) is 94.4 cm³/mol. The summed E-state index contributed by atoms with van der Waals surface area (Å²) in [4.78, 5) is 12.2. The van der Waals surface area contributed by atoms with E-state index >= 15 is 0 Å². The lowest BCUT2D eigenvalue weighted by Gasteiger charge is -2.30. The molecule has 5 nitrogen and oxygen atoms in total. The zero-order chi connectivity index (χ0) is 18.6. The molecule has 3 rings (SSSR count). The number of benzene rings is 1. The van der Waals surface area contributed by atoms with Gasteiger partial charge in [0.15, 0.2) is 5.76 Å². The summed E-state index contributed by atoms with van der Waals surface area (Å²) < 4.78 is 23.8. The highest BCUT2D eigenvalue weighted by molar-refractivity contribution is 5.91. The summed E-state index contributed by atoms with van der Waals surface area (Å²) in [6.45, 7) is 2.10. The van der Waals surface area contributed by atoms with Crippen molar-refractivity contribution in [3.05, 3.63) is 53.7 Å². The molecule has 0 spiro atoms. The van der Waals surface area contributed by atoms with E-state index in [9.17, 15) is 14.3 Å².